The van der Waals surface area contributed by atoms with Gasteiger partial charge in [0.15, 0.2) is 11.6 Å². The molecule has 1 rings (SSSR count). The molecule has 0 bridgehead atoms. The van der Waals surface area contributed by atoms with Crippen LogP contribution in [0.4, 0.5) is 15.8 Å². The van der Waals surface area contributed by atoms with Crippen LogP contribution in [0.25, 0.3) is 0 Å². The van der Waals surface area contributed by atoms with Gasteiger partial charge in [-0.1, -0.05) is 6.92 Å². The summed E-state index contributed by atoms with van der Waals surface area (Å²) in [4.78, 5) is 0. The first-order valence-electron chi connectivity index (χ1n) is 5.79. The smallest absolute Gasteiger partial charge is 0.210 e. The second kappa shape index (κ2) is 6.58. The van der Waals surface area contributed by atoms with Gasteiger partial charge in [0.2, 0.25) is 10.0 Å². The van der Waals surface area contributed by atoms with Crippen LogP contribution < -0.4 is 20.9 Å². The minimum absolute atomic E-state index is 0.0779. The van der Waals surface area contributed by atoms with Crippen molar-refractivity contribution in [3.05, 3.63) is 17.9 Å². The van der Waals surface area contributed by atoms with Crippen LogP contribution in [-0.2, 0) is 10.0 Å². The Kier molecular flexibility index (Phi) is 5.37. The van der Waals surface area contributed by atoms with Crippen LogP contribution in [0.5, 0.6) is 5.75 Å². The summed E-state index contributed by atoms with van der Waals surface area (Å²) < 4.78 is 40.3. The van der Waals surface area contributed by atoms with Gasteiger partial charge in [-0.15, -0.1) is 0 Å². The zero-order valence-corrected chi connectivity index (χ0v) is 11.5. The van der Waals surface area contributed by atoms with Crippen LogP contribution in [-0.4, -0.2) is 27.3 Å². The predicted molar refractivity (Wildman–Crippen MR) is 73.1 cm³/mol. The van der Waals surface area contributed by atoms with Crippen LogP contribution >= 0.6 is 0 Å². The molecule has 0 atom stereocenters. The van der Waals surface area contributed by atoms with E-state index in [1.807, 2.05) is 6.92 Å². The molecule has 0 fully saturated rings. The highest BCUT2D eigenvalue weighted by molar-refractivity contribution is 7.89. The van der Waals surface area contributed by atoms with Crippen molar-refractivity contribution >= 4 is 21.4 Å². The fourth-order valence-corrected chi connectivity index (χ4v) is 1.76. The van der Waals surface area contributed by atoms with Crippen LogP contribution in [0.1, 0.15) is 13.3 Å². The number of nitrogen functional groups attached to an aromatic ring is 1. The van der Waals surface area contributed by atoms with Gasteiger partial charge in [0.1, 0.15) is 0 Å². The van der Waals surface area contributed by atoms with Crippen molar-refractivity contribution in [1.29, 1.82) is 0 Å². The number of primary sulfonamides is 1. The first-order valence-corrected chi connectivity index (χ1v) is 7.51. The molecule has 0 aliphatic heterocycles. The molecule has 0 saturated carbocycles. The average molecular weight is 291 g/mol. The molecule has 8 heteroatoms. The minimum atomic E-state index is -3.55. The van der Waals surface area contributed by atoms with Gasteiger partial charge in [-0.05, 0) is 6.42 Å². The molecule has 0 aliphatic rings. The number of hydrogen-bond donors (Lipinski definition) is 3. The molecule has 0 amide bonds. The lowest BCUT2D eigenvalue weighted by molar-refractivity contribution is 0.301. The van der Waals surface area contributed by atoms with Crippen molar-refractivity contribution in [2.24, 2.45) is 5.14 Å². The van der Waals surface area contributed by atoms with Gasteiger partial charge in [-0.3, -0.25) is 0 Å². The highest BCUT2D eigenvalue weighted by atomic mass is 32.2. The van der Waals surface area contributed by atoms with E-state index in [4.69, 9.17) is 15.6 Å². The van der Waals surface area contributed by atoms with Gasteiger partial charge in [0.05, 0.1) is 23.7 Å². The third-order valence-electron chi connectivity index (χ3n) is 2.27. The van der Waals surface area contributed by atoms with Gasteiger partial charge in [-0.25, -0.2) is 17.9 Å². The molecule has 0 spiro atoms. The average Bonchev–Trinajstić information content (AvgIpc) is 2.29. The van der Waals surface area contributed by atoms with Crippen molar-refractivity contribution in [1.82, 2.24) is 0 Å². The van der Waals surface area contributed by atoms with Gasteiger partial charge in [0.25, 0.3) is 0 Å². The van der Waals surface area contributed by atoms with Gasteiger partial charge in [0, 0.05) is 18.7 Å². The Morgan fingerprint density at radius 2 is 2.11 bits per heavy atom. The molecule has 6 nitrogen and oxygen atoms in total. The Bertz CT molecular complexity index is 534. The quantitative estimate of drug-likeness (QED) is 0.647. The Morgan fingerprint density at radius 3 is 2.68 bits per heavy atom. The van der Waals surface area contributed by atoms with Crippen LogP contribution in [0.2, 0.25) is 0 Å². The molecule has 0 aliphatic carbocycles. The van der Waals surface area contributed by atoms with Crippen LogP contribution in [0, 0.1) is 5.82 Å². The number of rotatable bonds is 7. The third kappa shape index (κ3) is 5.31. The maximum Gasteiger partial charge on any atom is 0.210 e. The number of benzene rings is 1. The molecule has 0 unspecified atom stereocenters. The Labute approximate surface area is 112 Å². The van der Waals surface area contributed by atoms with E-state index in [-0.39, 0.29) is 23.7 Å². The summed E-state index contributed by atoms with van der Waals surface area (Å²) in [5.74, 6) is -0.716. The van der Waals surface area contributed by atoms with Gasteiger partial charge in [-0.2, -0.15) is 0 Å². The van der Waals surface area contributed by atoms with Crippen molar-refractivity contribution < 1.29 is 17.5 Å². The molecule has 0 saturated heterocycles. The molecule has 0 radical (unpaired) electrons. The van der Waals surface area contributed by atoms with E-state index < -0.39 is 15.8 Å². The number of nitrogens with one attached hydrogen (secondary N) is 1. The monoisotopic (exact) mass is 291 g/mol. The number of sulfonamides is 1. The maximum absolute atomic E-state index is 13.5. The Hall–Kier alpha value is -1.54. The number of nitrogens with two attached hydrogens (primary N) is 2. The largest absolute Gasteiger partial charge is 0.490 e. The molecule has 19 heavy (non-hydrogen) atoms. The lowest BCUT2D eigenvalue weighted by atomic mass is 10.2. The SMILES string of the molecule is CCCOc1cc(NCCS(N)(=O)=O)c(N)cc1F. The second-order valence-electron chi connectivity index (χ2n) is 4.01. The first-order chi connectivity index (χ1) is 8.83. The van der Waals surface area contributed by atoms with Gasteiger partial charge < -0.3 is 15.8 Å². The van der Waals surface area contributed by atoms with E-state index in [9.17, 15) is 12.8 Å². The molecular weight excluding hydrogens is 273 g/mol. The summed E-state index contributed by atoms with van der Waals surface area (Å²) in [7, 11) is -3.55. The molecule has 1 aromatic carbocycles. The summed E-state index contributed by atoms with van der Waals surface area (Å²) in [6.07, 6.45) is 0.748. The first kappa shape index (κ1) is 15.5. The molecule has 0 heterocycles. The van der Waals surface area contributed by atoms with E-state index in [0.29, 0.717) is 12.3 Å². The fraction of sp³-hybridized carbons (Fsp3) is 0.455. The summed E-state index contributed by atoms with van der Waals surface area (Å²) in [6.45, 7) is 2.37. The van der Waals surface area contributed by atoms with E-state index in [2.05, 4.69) is 5.32 Å². The van der Waals surface area contributed by atoms with Gasteiger partial charge >= 0.3 is 0 Å². The van der Waals surface area contributed by atoms with E-state index in [1.165, 1.54) is 6.07 Å². The topological polar surface area (TPSA) is 107 Å². The minimum Gasteiger partial charge on any atom is -0.490 e. The van der Waals surface area contributed by atoms with Crippen LogP contribution in [0.3, 0.4) is 0 Å². The Morgan fingerprint density at radius 1 is 1.42 bits per heavy atom. The summed E-state index contributed by atoms with van der Waals surface area (Å²) in [5, 5.41) is 7.66. The number of halogens is 1. The molecule has 108 valence electrons. The van der Waals surface area contributed by atoms with E-state index in [0.717, 1.165) is 12.5 Å². The highest BCUT2D eigenvalue weighted by Crippen LogP contribution is 2.28. The normalized spacial score (nSPS) is 11.3. The van der Waals surface area contributed by atoms with Crippen molar-refractivity contribution in [3.63, 3.8) is 0 Å². The summed E-state index contributed by atoms with van der Waals surface area (Å²) in [5.41, 5.74) is 6.22. The third-order valence-corrected chi connectivity index (χ3v) is 3.04. The number of ether oxygens (including phenoxy) is 1. The zero-order chi connectivity index (χ0) is 14.5. The molecular formula is C11H18FN3O3S. The fourth-order valence-electron chi connectivity index (χ4n) is 1.37. The lowest BCUT2D eigenvalue weighted by Gasteiger charge is -2.12. The highest BCUT2D eigenvalue weighted by Gasteiger charge is 2.10. The van der Waals surface area contributed by atoms with E-state index >= 15 is 0 Å². The van der Waals surface area contributed by atoms with Crippen molar-refractivity contribution in [2.45, 2.75) is 13.3 Å². The summed E-state index contributed by atoms with van der Waals surface area (Å²) in [6, 6.07) is 2.54. The standard InChI is InChI=1S/C11H18FN3O3S/c1-2-4-18-11-7-10(9(13)6-8(11)12)15-3-5-19(14,16)17/h6-7,15H,2-5,13H2,1H3,(H2,14,16,17). The zero-order valence-electron chi connectivity index (χ0n) is 10.6. The molecule has 1 aromatic rings. The predicted octanol–water partition coefficient (Wildman–Crippen LogP) is 0.897. The molecule has 5 N–H and O–H groups in total. The number of anilines is 2. The van der Waals surface area contributed by atoms with Crippen molar-refractivity contribution in [2.75, 3.05) is 30.0 Å². The van der Waals surface area contributed by atoms with Crippen LogP contribution in [0.15, 0.2) is 12.1 Å². The maximum atomic E-state index is 13.5. The lowest BCUT2D eigenvalue weighted by Crippen LogP contribution is -2.22. The molecule has 0 aromatic heterocycles. The number of hydrogen-bond acceptors (Lipinski definition) is 5. The van der Waals surface area contributed by atoms with Crippen molar-refractivity contribution in [3.8, 4) is 5.75 Å². The Balaban J connectivity index is 2.76. The second-order valence-corrected chi connectivity index (χ2v) is 5.75. The van der Waals surface area contributed by atoms with E-state index in [1.54, 1.807) is 0 Å². The summed E-state index contributed by atoms with van der Waals surface area (Å²) >= 11 is 0.